The maximum Gasteiger partial charge on any atom is 0.264 e. The Bertz CT molecular complexity index is 476. The molecule has 1 heterocycles. The van der Waals surface area contributed by atoms with Crippen LogP contribution in [-0.2, 0) is 7.05 Å². The van der Waals surface area contributed by atoms with Crippen molar-refractivity contribution in [3.63, 3.8) is 0 Å². The number of hydrogen-bond donors (Lipinski definition) is 0. The highest BCUT2D eigenvalue weighted by Crippen LogP contribution is 2.31. The fraction of sp³-hybridized carbons (Fsp3) is 0.200. The summed E-state index contributed by atoms with van der Waals surface area (Å²) in [5.74, 6) is 0. The zero-order chi connectivity index (χ0) is 10.3. The van der Waals surface area contributed by atoms with Crippen molar-refractivity contribution in [3.8, 4) is 0 Å². The van der Waals surface area contributed by atoms with Crippen LogP contribution < -0.4 is 0 Å². The van der Waals surface area contributed by atoms with Crippen molar-refractivity contribution in [1.82, 2.24) is 4.57 Å². The van der Waals surface area contributed by atoms with E-state index in [1.165, 1.54) is 6.07 Å². The molecule has 0 fully saturated rings. The summed E-state index contributed by atoms with van der Waals surface area (Å²) < 4.78 is 27.8. The minimum atomic E-state index is -2.43. The number of rotatable bonds is 1. The Balaban J connectivity index is 2.82. The molecule has 0 aliphatic heterocycles. The second-order valence-electron chi connectivity index (χ2n) is 3.16. The lowest BCUT2D eigenvalue weighted by Crippen LogP contribution is -1.88. The van der Waals surface area contributed by atoms with Crippen molar-refractivity contribution >= 4 is 26.8 Å². The van der Waals surface area contributed by atoms with Crippen LogP contribution in [0.4, 0.5) is 8.78 Å². The van der Waals surface area contributed by atoms with Crippen LogP contribution in [0.3, 0.4) is 0 Å². The Labute approximate surface area is 88.5 Å². The second kappa shape index (κ2) is 3.35. The van der Waals surface area contributed by atoms with Gasteiger partial charge in [-0.2, -0.15) is 0 Å². The lowest BCUT2D eigenvalue weighted by Gasteiger charge is -2.04. The summed E-state index contributed by atoms with van der Waals surface area (Å²) >= 11 is 3.22. The lowest BCUT2D eigenvalue weighted by atomic mass is 10.1. The molecule has 0 saturated carbocycles. The first-order chi connectivity index (χ1) is 6.59. The molecule has 0 radical (unpaired) electrons. The highest BCUT2D eigenvalue weighted by molar-refractivity contribution is 9.10. The van der Waals surface area contributed by atoms with Crippen molar-refractivity contribution in [2.24, 2.45) is 7.05 Å². The summed E-state index contributed by atoms with van der Waals surface area (Å²) in [5, 5.41) is 0.616. The van der Waals surface area contributed by atoms with E-state index in [0.29, 0.717) is 9.86 Å². The first kappa shape index (κ1) is 9.65. The SMILES string of the molecule is Cn1ccc2c(C(F)F)cc(Br)cc21. The summed E-state index contributed by atoms with van der Waals surface area (Å²) in [5.41, 5.74) is 0.893. The normalized spacial score (nSPS) is 11.5. The van der Waals surface area contributed by atoms with Crippen LogP contribution in [0.1, 0.15) is 12.0 Å². The first-order valence-corrected chi connectivity index (χ1v) is 4.91. The third-order valence-electron chi connectivity index (χ3n) is 2.23. The predicted octanol–water partition coefficient (Wildman–Crippen LogP) is 3.88. The van der Waals surface area contributed by atoms with E-state index < -0.39 is 6.43 Å². The van der Waals surface area contributed by atoms with Gasteiger partial charge in [-0.25, -0.2) is 8.78 Å². The van der Waals surface area contributed by atoms with Gasteiger partial charge in [0.1, 0.15) is 0 Å². The summed E-state index contributed by atoms with van der Waals surface area (Å²) in [6, 6.07) is 5.01. The van der Waals surface area contributed by atoms with Gasteiger partial charge in [0, 0.05) is 34.2 Å². The molecule has 0 saturated heterocycles. The molecule has 74 valence electrons. The molecular weight excluding hydrogens is 252 g/mol. The minimum absolute atomic E-state index is 0.0787. The smallest absolute Gasteiger partial charge is 0.264 e. The van der Waals surface area contributed by atoms with Gasteiger partial charge >= 0.3 is 0 Å². The molecule has 0 aliphatic carbocycles. The van der Waals surface area contributed by atoms with E-state index in [1.54, 1.807) is 12.3 Å². The van der Waals surface area contributed by atoms with Crippen LogP contribution in [0, 0.1) is 0 Å². The number of aromatic nitrogens is 1. The quantitative estimate of drug-likeness (QED) is 0.733. The molecule has 0 aliphatic rings. The van der Waals surface area contributed by atoms with Gasteiger partial charge in [-0.05, 0) is 18.2 Å². The van der Waals surface area contributed by atoms with Gasteiger partial charge in [-0.15, -0.1) is 0 Å². The van der Waals surface area contributed by atoms with E-state index in [-0.39, 0.29) is 5.56 Å². The van der Waals surface area contributed by atoms with Crippen molar-refractivity contribution in [1.29, 1.82) is 0 Å². The monoisotopic (exact) mass is 259 g/mol. The fourth-order valence-corrected chi connectivity index (χ4v) is 2.01. The van der Waals surface area contributed by atoms with Crippen molar-refractivity contribution in [2.75, 3.05) is 0 Å². The molecule has 0 N–H and O–H groups in total. The van der Waals surface area contributed by atoms with Gasteiger partial charge in [0.2, 0.25) is 0 Å². The molecule has 2 rings (SSSR count). The highest BCUT2D eigenvalue weighted by Gasteiger charge is 2.13. The molecule has 0 bridgehead atoms. The molecule has 4 heteroatoms. The number of nitrogens with zero attached hydrogens (tertiary/aromatic N) is 1. The van der Waals surface area contributed by atoms with E-state index in [9.17, 15) is 8.78 Å². The van der Waals surface area contributed by atoms with Crippen molar-refractivity contribution in [3.05, 3.63) is 34.4 Å². The van der Waals surface area contributed by atoms with Crippen LogP contribution in [-0.4, -0.2) is 4.57 Å². The second-order valence-corrected chi connectivity index (χ2v) is 4.07. The van der Waals surface area contributed by atoms with Gasteiger partial charge in [0.05, 0.1) is 0 Å². The maximum atomic E-state index is 12.7. The largest absolute Gasteiger partial charge is 0.351 e. The minimum Gasteiger partial charge on any atom is -0.351 e. The maximum absolute atomic E-state index is 12.7. The lowest BCUT2D eigenvalue weighted by molar-refractivity contribution is 0.153. The summed E-state index contributed by atoms with van der Waals surface area (Å²) in [7, 11) is 1.84. The molecular formula is C10H8BrF2N. The van der Waals surface area contributed by atoms with Crippen molar-refractivity contribution in [2.45, 2.75) is 6.43 Å². The number of hydrogen-bond acceptors (Lipinski definition) is 0. The van der Waals surface area contributed by atoms with Gasteiger partial charge in [-0.3, -0.25) is 0 Å². The van der Waals surface area contributed by atoms with Crippen LogP contribution in [0.25, 0.3) is 10.9 Å². The van der Waals surface area contributed by atoms with Gasteiger partial charge in [-0.1, -0.05) is 15.9 Å². The van der Waals surface area contributed by atoms with E-state index in [4.69, 9.17) is 0 Å². The average molecular weight is 260 g/mol. The molecule has 14 heavy (non-hydrogen) atoms. The van der Waals surface area contributed by atoms with Gasteiger partial charge < -0.3 is 4.57 Å². The number of fused-ring (bicyclic) bond motifs is 1. The standard InChI is InChI=1S/C10H8BrF2N/c1-14-3-2-7-8(10(12)13)4-6(11)5-9(7)14/h2-5,10H,1H3. The van der Waals surface area contributed by atoms with E-state index in [2.05, 4.69) is 15.9 Å². The molecule has 2 aromatic rings. The molecule has 1 aromatic carbocycles. The molecule has 0 amide bonds. The molecule has 1 aromatic heterocycles. The third kappa shape index (κ3) is 1.43. The number of benzene rings is 1. The third-order valence-corrected chi connectivity index (χ3v) is 2.69. The predicted molar refractivity (Wildman–Crippen MR) is 55.6 cm³/mol. The van der Waals surface area contributed by atoms with Crippen LogP contribution in [0.2, 0.25) is 0 Å². The summed E-state index contributed by atoms with van der Waals surface area (Å²) in [4.78, 5) is 0. The Kier molecular flexibility index (Phi) is 2.31. The molecule has 0 atom stereocenters. The van der Waals surface area contributed by atoms with Crippen molar-refractivity contribution < 1.29 is 8.78 Å². The highest BCUT2D eigenvalue weighted by atomic mass is 79.9. The van der Waals surface area contributed by atoms with E-state index in [0.717, 1.165) is 5.52 Å². The number of alkyl halides is 2. The fourth-order valence-electron chi connectivity index (χ4n) is 1.54. The topological polar surface area (TPSA) is 4.93 Å². The van der Waals surface area contributed by atoms with E-state index in [1.807, 2.05) is 17.7 Å². The summed E-state index contributed by atoms with van der Waals surface area (Å²) in [6.07, 6.45) is -0.652. The molecule has 0 unspecified atom stereocenters. The Hall–Kier alpha value is -0.900. The zero-order valence-corrected chi connectivity index (χ0v) is 9.05. The Morgan fingerprint density at radius 1 is 1.36 bits per heavy atom. The molecule has 0 spiro atoms. The van der Waals surface area contributed by atoms with Crippen LogP contribution in [0.15, 0.2) is 28.9 Å². The van der Waals surface area contributed by atoms with Gasteiger partial charge in [0.25, 0.3) is 6.43 Å². The van der Waals surface area contributed by atoms with Crippen LogP contribution in [0.5, 0.6) is 0 Å². The summed E-state index contributed by atoms with van der Waals surface area (Å²) in [6.45, 7) is 0. The number of aryl methyl sites for hydroxylation is 1. The van der Waals surface area contributed by atoms with E-state index >= 15 is 0 Å². The Morgan fingerprint density at radius 2 is 2.07 bits per heavy atom. The molecule has 1 nitrogen and oxygen atoms in total. The van der Waals surface area contributed by atoms with Crippen LogP contribution >= 0.6 is 15.9 Å². The first-order valence-electron chi connectivity index (χ1n) is 4.12. The zero-order valence-electron chi connectivity index (χ0n) is 7.47. The van der Waals surface area contributed by atoms with Gasteiger partial charge in [0.15, 0.2) is 0 Å². The Morgan fingerprint density at radius 3 is 2.71 bits per heavy atom. The average Bonchev–Trinajstić information content (AvgIpc) is 2.47. The number of halogens is 3.